The van der Waals surface area contributed by atoms with Crippen molar-refractivity contribution in [1.29, 1.82) is 0 Å². The van der Waals surface area contributed by atoms with Gasteiger partial charge in [0.2, 0.25) is 0 Å². The number of piperidine rings is 1. The van der Waals surface area contributed by atoms with Crippen LogP contribution in [0.4, 0.5) is 0 Å². The van der Waals surface area contributed by atoms with Crippen molar-refractivity contribution in [1.82, 2.24) is 10.2 Å². The molecule has 1 saturated heterocycles. The van der Waals surface area contributed by atoms with E-state index in [0.29, 0.717) is 12.1 Å². The molecule has 3 nitrogen and oxygen atoms in total. The quantitative estimate of drug-likeness (QED) is 0.871. The summed E-state index contributed by atoms with van der Waals surface area (Å²) in [5.74, 6) is 1.78. The van der Waals surface area contributed by atoms with Crippen molar-refractivity contribution in [3.05, 3.63) is 24.2 Å². The fourth-order valence-electron chi connectivity index (χ4n) is 2.76. The van der Waals surface area contributed by atoms with E-state index in [0.717, 1.165) is 11.7 Å². The van der Waals surface area contributed by atoms with Gasteiger partial charge >= 0.3 is 0 Å². The van der Waals surface area contributed by atoms with Crippen LogP contribution in [0.1, 0.15) is 38.5 Å². The van der Waals surface area contributed by atoms with E-state index in [1.165, 1.54) is 25.9 Å². The molecule has 0 bridgehead atoms. The SMILES string of the molecule is CC(N[C@@H](C)c1ccco1)C1CCCN(C)C1. The summed E-state index contributed by atoms with van der Waals surface area (Å²) >= 11 is 0. The van der Waals surface area contributed by atoms with E-state index in [1.54, 1.807) is 6.26 Å². The Bertz CT molecular complexity index is 323. The zero-order valence-electron chi connectivity index (χ0n) is 11.1. The second-order valence-electron chi connectivity index (χ2n) is 5.36. The largest absolute Gasteiger partial charge is 0.468 e. The molecule has 3 atom stereocenters. The molecule has 1 N–H and O–H groups in total. The zero-order valence-corrected chi connectivity index (χ0v) is 11.1. The highest BCUT2D eigenvalue weighted by Gasteiger charge is 2.24. The highest BCUT2D eigenvalue weighted by molar-refractivity contribution is 5.03. The summed E-state index contributed by atoms with van der Waals surface area (Å²) in [5, 5.41) is 3.65. The van der Waals surface area contributed by atoms with Crippen molar-refractivity contribution in [2.75, 3.05) is 20.1 Å². The number of nitrogens with zero attached hydrogens (tertiary/aromatic N) is 1. The minimum Gasteiger partial charge on any atom is -0.468 e. The van der Waals surface area contributed by atoms with Gasteiger partial charge in [-0.05, 0) is 58.3 Å². The third-order valence-electron chi connectivity index (χ3n) is 3.85. The number of furan rings is 1. The molecule has 0 aliphatic carbocycles. The number of rotatable bonds is 4. The van der Waals surface area contributed by atoms with Crippen LogP contribution < -0.4 is 5.32 Å². The van der Waals surface area contributed by atoms with Crippen LogP contribution in [0.25, 0.3) is 0 Å². The first-order chi connectivity index (χ1) is 8.16. The first-order valence-electron chi connectivity index (χ1n) is 6.65. The second-order valence-corrected chi connectivity index (χ2v) is 5.36. The van der Waals surface area contributed by atoms with E-state index in [2.05, 4.69) is 31.1 Å². The van der Waals surface area contributed by atoms with Crippen LogP contribution in [0.2, 0.25) is 0 Å². The Labute approximate surface area is 104 Å². The van der Waals surface area contributed by atoms with Gasteiger partial charge in [0.1, 0.15) is 5.76 Å². The topological polar surface area (TPSA) is 28.4 Å². The molecule has 1 fully saturated rings. The zero-order chi connectivity index (χ0) is 12.3. The summed E-state index contributed by atoms with van der Waals surface area (Å²) in [6.07, 6.45) is 4.40. The van der Waals surface area contributed by atoms with Gasteiger partial charge in [-0.1, -0.05) is 0 Å². The summed E-state index contributed by atoms with van der Waals surface area (Å²) < 4.78 is 5.43. The summed E-state index contributed by atoms with van der Waals surface area (Å²) in [7, 11) is 2.22. The van der Waals surface area contributed by atoms with E-state index < -0.39 is 0 Å². The van der Waals surface area contributed by atoms with Gasteiger partial charge in [-0.2, -0.15) is 0 Å². The average Bonchev–Trinajstić information content (AvgIpc) is 2.82. The molecule has 0 radical (unpaired) electrons. The average molecular weight is 236 g/mol. The maximum atomic E-state index is 5.43. The van der Waals surface area contributed by atoms with Crippen molar-refractivity contribution >= 4 is 0 Å². The minimum absolute atomic E-state index is 0.298. The number of nitrogens with one attached hydrogen (secondary N) is 1. The minimum atomic E-state index is 0.298. The van der Waals surface area contributed by atoms with Gasteiger partial charge in [-0.3, -0.25) is 0 Å². The maximum absolute atomic E-state index is 5.43. The molecule has 0 saturated carbocycles. The van der Waals surface area contributed by atoms with E-state index in [1.807, 2.05) is 12.1 Å². The summed E-state index contributed by atoms with van der Waals surface area (Å²) in [5.41, 5.74) is 0. The molecule has 2 unspecified atom stereocenters. The molecule has 0 aromatic carbocycles. The van der Waals surface area contributed by atoms with Crippen LogP contribution in [0.3, 0.4) is 0 Å². The molecule has 96 valence electrons. The molecule has 0 spiro atoms. The Morgan fingerprint density at radius 3 is 2.94 bits per heavy atom. The normalized spacial score (nSPS) is 25.7. The predicted octanol–water partition coefficient (Wildman–Crippen LogP) is 2.66. The summed E-state index contributed by atoms with van der Waals surface area (Å²) in [6.45, 7) is 6.92. The predicted molar refractivity (Wildman–Crippen MR) is 69.9 cm³/mol. The van der Waals surface area contributed by atoms with E-state index in [9.17, 15) is 0 Å². The van der Waals surface area contributed by atoms with E-state index >= 15 is 0 Å². The van der Waals surface area contributed by atoms with Crippen molar-refractivity contribution in [2.24, 2.45) is 5.92 Å². The van der Waals surface area contributed by atoms with Crippen molar-refractivity contribution < 1.29 is 4.42 Å². The molecular weight excluding hydrogens is 212 g/mol. The van der Waals surface area contributed by atoms with Crippen molar-refractivity contribution in [3.63, 3.8) is 0 Å². The Morgan fingerprint density at radius 1 is 1.47 bits per heavy atom. The maximum Gasteiger partial charge on any atom is 0.120 e. The van der Waals surface area contributed by atoms with Gasteiger partial charge in [0.25, 0.3) is 0 Å². The smallest absolute Gasteiger partial charge is 0.120 e. The number of hydrogen-bond donors (Lipinski definition) is 1. The second kappa shape index (κ2) is 5.69. The number of likely N-dealkylation sites (tertiary alicyclic amines) is 1. The highest BCUT2D eigenvalue weighted by atomic mass is 16.3. The van der Waals surface area contributed by atoms with Crippen molar-refractivity contribution in [2.45, 2.75) is 38.8 Å². The van der Waals surface area contributed by atoms with Crippen LogP contribution in [-0.4, -0.2) is 31.1 Å². The van der Waals surface area contributed by atoms with Gasteiger partial charge < -0.3 is 14.6 Å². The Kier molecular flexibility index (Phi) is 4.24. The fraction of sp³-hybridized carbons (Fsp3) is 0.714. The molecule has 17 heavy (non-hydrogen) atoms. The van der Waals surface area contributed by atoms with Crippen molar-refractivity contribution in [3.8, 4) is 0 Å². The summed E-state index contributed by atoms with van der Waals surface area (Å²) in [6, 6.07) is 4.83. The lowest BCUT2D eigenvalue weighted by Crippen LogP contribution is -2.43. The molecule has 1 aliphatic heterocycles. The van der Waals surface area contributed by atoms with Crippen LogP contribution in [0, 0.1) is 5.92 Å². The van der Waals surface area contributed by atoms with E-state index in [4.69, 9.17) is 4.42 Å². The Morgan fingerprint density at radius 2 is 2.29 bits per heavy atom. The van der Waals surface area contributed by atoms with Gasteiger partial charge in [0.15, 0.2) is 0 Å². The van der Waals surface area contributed by atoms with Crippen LogP contribution in [0.5, 0.6) is 0 Å². The molecule has 1 aromatic rings. The lowest BCUT2D eigenvalue weighted by Gasteiger charge is -2.35. The monoisotopic (exact) mass is 236 g/mol. The first-order valence-corrected chi connectivity index (χ1v) is 6.65. The Balaban J connectivity index is 1.85. The highest BCUT2D eigenvalue weighted by Crippen LogP contribution is 2.21. The third-order valence-corrected chi connectivity index (χ3v) is 3.85. The van der Waals surface area contributed by atoms with Gasteiger partial charge in [0, 0.05) is 12.6 Å². The summed E-state index contributed by atoms with van der Waals surface area (Å²) in [4.78, 5) is 2.43. The van der Waals surface area contributed by atoms with Gasteiger partial charge in [-0.15, -0.1) is 0 Å². The molecule has 2 heterocycles. The fourth-order valence-corrected chi connectivity index (χ4v) is 2.76. The molecule has 1 aromatic heterocycles. The van der Waals surface area contributed by atoms with Crippen LogP contribution >= 0.6 is 0 Å². The van der Waals surface area contributed by atoms with Crippen LogP contribution in [-0.2, 0) is 0 Å². The third kappa shape index (κ3) is 3.33. The van der Waals surface area contributed by atoms with Crippen LogP contribution in [0.15, 0.2) is 22.8 Å². The molecule has 3 heteroatoms. The first kappa shape index (κ1) is 12.7. The standard InChI is InChI=1S/C14H24N2O/c1-11(13-6-4-8-16(3)10-13)15-12(2)14-7-5-9-17-14/h5,7,9,11-13,15H,4,6,8,10H2,1-3H3/t11?,12-,13?/m0/s1. The lowest BCUT2D eigenvalue weighted by molar-refractivity contribution is 0.172. The van der Waals surface area contributed by atoms with Gasteiger partial charge in [-0.25, -0.2) is 0 Å². The Hall–Kier alpha value is -0.800. The van der Waals surface area contributed by atoms with Gasteiger partial charge in [0.05, 0.1) is 12.3 Å². The molecule has 2 rings (SSSR count). The number of hydrogen-bond acceptors (Lipinski definition) is 3. The molecule has 1 aliphatic rings. The lowest BCUT2D eigenvalue weighted by atomic mass is 9.91. The molecule has 0 amide bonds. The van der Waals surface area contributed by atoms with E-state index in [-0.39, 0.29) is 0 Å². The molecular formula is C14H24N2O.